The Kier molecular flexibility index (Phi) is 6.05. The monoisotopic (exact) mass is 254 g/mol. The molecule has 0 heterocycles. The summed E-state index contributed by atoms with van der Waals surface area (Å²) in [6.45, 7) is 5.84. The fraction of sp³-hybridized carbons (Fsp3) is 0.714. The van der Waals surface area contributed by atoms with Crippen molar-refractivity contribution >= 4 is 11.8 Å². The maximum atomic E-state index is 12.0. The minimum absolute atomic E-state index is 0.113. The maximum absolute atomic E-state index is 12.0. The summed E-state index contributed by atoms with van der Waals surface area (Å²) < 4.78 is 10.00. The van der Waals surface area contributed by atoms with Crippen molar-refractivity contribution in [2.45, 2.75) is 39.0 Å². The summed E-state index contributed by atoms with van der Waals surface area (Å²) in [5.41, 5.74) is -0.212. The summed E-state index contributed by atoms with van der Waals surface area (Å²) in [7, 11) is 0. The Bertz CT molecular complexity index is 303. The van der Waals surface area contributed by atoms with E-state index in [-0.39, 0.29) is 31.0 Å². The minimum atomic E-state index is -0.468. The highest BCUT2D eigenvalue weighted by molar-refractivity contribution is 5.85. The van der Waals surface area contributed by atoms with Crippen molar-refractivity contribution in [3.63, 3.8) is 0 Å². The van der Waals surface area contributed by atoms with Crippen LogP contribution in [0.25, 0.3) is 0 Å². The van der Waals surface area contributed by atoms with Crippen molar-refractivity contribution in [2.24, 2.45) is 5.41 Å². The molecule has 4 heteroatoms. The molecule has 0 saturated heterocycles. The molecule has 0 unspecified atom stereocenters. The highest BCUT2D eigenvalue weighted by Crippen LogP contribution is 2.36. The predicted molar refractivity (Wildman–Crippen MR) is 68.2 cm³/mol. The number of carbonyl (C=O) groups excluding carboxylic acids is 2. The summed E-state index contributed by atoms with van der Waals surface area (Å²) in [6, 6.07) is 0. The molecule has 18 heavy (non-hydrogen) atoms. The van der Waals surface area contributed by atoms with E-state index in [0.29, 0.717) is 0 Å². The Balaban J connectivity index is 2.16. The third-order valence-corrected chi connectivity index (χ3v) is 3.50. The van der Waals surface area contributed by atoms with E-state index in [1.165, 1.54) is 6.42 Å². The van der Waals surface area contributed by atoms with E-state index >= 15 is 0 Å². The van der Waals surface area contributed by atoms with Gasteiger partial charge in [0.15, 0.2) is 5.78 Å². The second-order valence-corrected chi connectivity index (χ2v) is 4.97. The van der Waals surface area contributed by atoms with Gasteiger partial charge in [-0.3, -0.25) is 4.79 Å². The van der Waals surface area contributed by atoms with Crippen molar-refractivity contribution in [1.29, 1.82) is 0 Å². The zero-order chi connectivity index (χ0) is 13.4. The number of ketones is 1. The van der Waals surface area contributed by atoms with Gasteiger partial charge in [0.05, 0.1) is 6.61 Å². The maximum Gasteiger partial charge on any atom is 0.330 e. The molecular formula is C14H22O4. The van der Waals surface area contributed by atoms with Crippen LogP contribution in [0.4, 0.5) is 0 Å². The lowest BCUT2D eigenvalue weighted by Crippen LogP contribution is -2.33. The van der Waals surface area contributed by atoms with E-state index in [4.69, 9.17) is 9.47 Å². The van der Waals surface area contributed by atoms with Crippen LogP contribution in [-0.4, -0.2) is 31.6 Å². The lowest BCUT2D eigenvalue weighted by Gasteiger charge is -2.31. The van der Waals surface area contributed by atoms with Gasteiger partial charge < -0.3 is 9.47 Å². The molecule has 0 aliphatic heterocycles. The minimum Gasteiger partial charge on any atom is -0.460 e. The van der Waals surface area contributed by atoms with Crippen LogP contribution in [0.3, 0.4) is 0 Å². The largest absolute Gasteiger partial charge is 0.460 e. The third kappa shape index (κ3) is 4.61. The van der Waals surface area contributed by atoms with Crippen molar-refractivity contribution in [3.05, 3.63) is 12.7 Å². The number of rotatable bonds is 7. The van der Waals surface area contributed by atoms with Gasteiger partial charge in [0.1, 0.15) is 13.2 Å². The molecule has 0 amide bonds. The van der Waals surface area contributed by atoms with Crippen molar-refractivity contribution in [2.75, 3.05) is 19.8 Å². The molecule has 1 aliphatic carbocycles. The number of carbonyl (C=O) groups is 2. The molecule has 0 aromatic carbocycles. The molecule has 0 aromatic rings. The van der Waals surface area contributed by atoms with Crippen LogP contribution < -0.4 is 0 Å². The van der Waals surface area contributed by atoms with Gasteiger partial charge in [-0.2, -0.15) is 0 Å². The van der Waals surface area contributed by atoms with Gasteiger partial charge in [-0.25, -0.2) is 4.79 Å². The molecule has 0 atom stereocenters. The first kappa shape index (κ1) is 14.9. The summed E-state index contributed by atoms with van der Waals surface area (Å²) in [4.78, 5) is 22.8. The average molecular weight is 254 g/mol. The summed E-state index contributed by atoms with van der Waals surface area (Å²) in [5.74, 6) is -0.304. The molecule has 0 spiro atoms. The topological polar surface area (TPSA) is 52.6 Å². The van der Waals surface area contributed by atoms with E-state index in [2.05, 4.69) is 6.58 Å². The van der Waals surface area contributed by atoms with Crippen molar-refractivity contribution in [3.8, 4) is 0 Å². The van der Waals surface area contributed by atoms with Crippen LogP contribution in [0, 0.1) is 5.41 Å². The lowest BCUT2D eigenvalue weighted by molar-refractivity contribution is -0.140. The molecule has 0 bridgehead atoms. The van der Waals surface area contributed by atoms with E-state index in [1.54, 1.807) is 0 Å². The summed E-state index contributed by atoms with van der Waals surface area (Å²) in [6.07, 6.45) is 6.50. The van der Waals surface area contributed by atoms with Crippen molar-refractivity contribution < 1.29 is 19.1 Å². The predicted octanol–water partition coefficient (Wildman–Crippen LogP) is 2.27. The van der Waals surface area contributed by atoms with E-state index in [0.717, 1.165) is 31.8 Å². The summed E-state index contributed by atoms with van der Waals surface area (Å²) >= 11 is 0. The zero-order valence-electron chi connectivity index (χ0n) is 11.1. The fourth-order valence-electron chi connectivity index (χ4n) is 2.21. The molecule has 0 radical (unpaired) electrons. The zero-order valence-corrected chi connectivity index (χ0v) is 11.1. The van der Waals surface area contributed by atoms with Crippen LogP contribution in [0.5, 0.6) is 0 Å². The van der Waals surface area contributed by atoms with Gasteiger partial charge in [-0.05, 0) is 12.8 Å². The number of esters is 1. The highest BCUT2D eigenvalue weighted by Gasteiger charge is 2.33. The van der Waals surface area contributed by atoms with Gasteiger partial charge >= 0.3 is 5.97 Å². The molecule has 102 valence electrons. The quantitative estimate of drug-likeness (QED) is 0.397. The van der Waals surface area contributed by atoms with Crippen LogP contribution in [0.15, 0.2) is 12.7 Å². The normalized spacial score (nSPS) is 18.1. The number of hydrogen-bond acceptors (Lipinski definition) is 4. The third-order valence-electron chi connectivity index (χ3n) is 3.50. The van der Waals surface area contributed by atoms with Crippen LogP contribution >= 0.6 is 0 Å². The molecule has 1 saturated carbocycles. The molecule has 4 nitrogen and oxygen atoms in total. The first-order valence-electron chi connectivity index (χ1n) is 6.49. The molecule has 1 rings (SSSR count). The number of Topliss-reactive ketones (excluding diaryl/α,β-unsaturated/α-hetero) is 1. The van der Waals surface area contributed by atoms with Crippen LogP contribution in [0.1, 0.15) is 39.0 Å². The van der Waals surface area contributed by atoms with Gasteiger partial charge in [-0.1, -0.05) is 32.8 Å². The number of hydrogen-bond donors (Lipinski definition) is 0. The smallest absolute Gasteiger partial charge is 0.330 e. The molecule has 0 N–H and O–H groups in total. The fourth-order valence-corrected chi connectivity index (χ4v) is 2.21. The highest BCUT2D eigenvalue weighted by atomic mass is 16.6. The number of ether oxygens (including phenoxy) is 2. The Morgan fingerprint density at radius 3 is 2.50 bits per heavy atom. The Morgan fingerprint density at radius 2 is 1.89 bits per heavy atom. The molecule has 1 fully saturated rings. The van der Waals surface area contributed by atoms with Gasteiger partial charge in [0, 0.05) is 11.5 Å². The van der Waals surface area contributed by atoms with E-state index < -0.39 is 5.97 Å². The Labute approximate surface area is 108 Å². The summed E-state index contributed by atoms with van der Waals surface area (Å²) in [5, 5.41) is 0. The van der Waals surface area contributed by atoms with Gasteiger partial charge in [0.2, 0.25) is 0 Å². The van der Waals surface area contributed by atoms with Crippen LogP contribution in [0.2, 0.25) is 0 Å². The lowest BCUT2D eigenvalue weighted by atomic mass is 9.73. The SMILES string of the molecule is C=CC(=O)OCCOCC(=O)C1(C)CCCCC1. The van der Waals surface area contributed by atoms with Gasteiger partial charge in [0.25, 0.3) is 0 Å². The van der Waals surface area contributed by atoms with E-state index in [9.17, 15) is 9.59 Å². The Morgan fingerprint density at radius 1 is 1.22 bits per heavy atom. The first-order chi connectivity index (χ1) is 8.58. The average Bonchev–Trinajstić information content (AvgIpc) is 2.38. The van der Waals surface area contributed by atoms with Crippen LogP contribution in [-0.2, 0) is 19.1 Å². The van der Waals surface area contributed by atoms with E-state index in [1.807, 2.05) is 6.92 Å². The molecule has 0 aromatic heterocycles. The van der Waals surface area contributed by atoms with Crippen molar-refractivity contribution in [1.82, 2.24) is 0 Å². The van der Waals surface area contributed by atoms with Gasteiger partial charge in [-0.15, -0.1) is 0 Å². The standard InChI is InChI=1S/C14H22O4/c1-3-13(16)18-10-9-17-11-12(15)14(2)7-5-4-6-8-14/h3H,1,4-11H2,2H3. The Hall–Kier alpha value is -1.16. The molecule has 1 aliphatic rings. The molecular weight excluding hydrogens is 232 g/mol. The second-order valence-electron chi connectivity index (χ2n) is 4.97. The second kappa shape index (κ2) is 7.31. The first-order valence-corrected chi connectivity index (χ1v) is 6.49.